The third-order valence-electron chi connectivity index (χ3n) is 2.65. The highest BCUT2D eigenvalue weighted by molar-refractivity contribution is 5.77. The predicted molar refractivity (Wildman–Crippen MR) is 62.2 cm³/mol. The van der Waals surface area contributed by atoms with E-state index in [1.165, 1.54) is 12.1 Å². The van der Waals surface area contributed by atoms with E-state index in [2.05, 4.69) is 0 Å². The molecule has 0 amide bonds. The van der Waals surface area contributed by atoms with Gasteiger partial charge in [0.1, 0.15) is 23.3 Å². The van der Waals surface area contributed by atoms with E-state index in [0.717, 1.165) is 6.42 Å². The van der Waals surface area contributed by atoms with Crippen LogP contribution < -0.4 is 0 Å². The molecule has 0 saturated carbocycles. The maximum Gasteiger partial charge on any atom is 0.134 e. The van der Waals surface area contributed by atoms with E-state index >= 15 is 0 Å². The van der Waals surface area contributed by atoms with Gasteiger partial charge in [0.2, 0.25) is 0 Å². The molecule has 2 aromatic rings. The number of hydrogen-bond donors (Lipinski definition) is 1. The lowest BCUT2D eigenvalue weighted by Gasteiger charge is -2.06. The Morgan fingerprint density at radius 2 is 2.24 bits per heavy atom. The number of hydrogen-bond acceptors (Lipinski definition) is 3. The number of ether oxygens (including phenoxy) is 1. The van der Waals surface area contributed by atoms with Crippen LogP contribution in [0, 0.1) is 5.82 Å². The van der Waals surface area contributed by atoms with E-state index in [1.807, 2.05) is 0 Å². The molecule has 92 valence electrons. The maximum absolute atomic E-state index is 13.0. The fraction of sp³-hybridized carbons (Fsp3) is 0.385. The van der Waals surface area contributed by atoms with Crippen LogP contribution in [0.4, 0.5) is 4.39 Å². The van der Waals surface area contributed by atoms with Gasteiger partial charge in [0.25, 0.3) is 0 Å². The van der Waals surface area contributed by atoms with Gasteiger partial charge >= 0.3 is 0 Å². The Morgan fingerprint density at radius 1 is 1.41 bits per heavy atom. The lowest BCUT2D eigenvalue weighted by atomic mass is 10.1. The van der Waals surface area contributed by atoms with E-state index in [-0.39, 0.29) is 5.82 Å². The highest BCUT2D eigenvalue weighted by Crippen LogP contribution is 2.26. The van der Waals surface area contributed by atoms with E-state index in [4.69, 9.17) is 9.15 Å². The number of halogens is 1. The third-order valence-corrected chi connectivity index (χ3v) is 2.65. The van der Waals surface area contributed by atoms with E-state index in [1.54, 1.807) is 19.2 Å². The normalized spacial score (nSPS) is 13.1. The zero-order valence-corrected chi connectivity index (χ0v) is 9.65. The molecular weight excluding hydrogens is 223 g/mol. The van der Waals surface area contributed by atoms with Crippen molar-refractivity contribution in [3.63, 3.8) is 0 Å². The Bertz CT molecular complexity index is 492. The van der Waals surface area contributed by atoms with Crippen molar-refractivity contribution in [1.29, 1.82) is 0 Å². The van der Waals surface area contributed by atoms with Crippen molar-refractivity contribution >= 4 is 11.0 Å². The molecular formula is C13H15FO3. The van der Waals surface area contributed by atoms with Gasteiger partial charge in [0.15, 0.2) is 0 Å². The van der Waals surface area contributed by atoms with Crippen LogP contribution in [0.1, 0.15) is 24.7 Å². The summed E-state index contributed by atoms with van der Waals surface area (Å²) in [6, 6.07) is 5.98. The number of fused-ring (bicyclic) bond motifs is 1. The number of furan rings is 1. The summed E-state index contributed by atoms with van der Waals surface area (Å²) in [5.41, 5.74) is 0.590. The SMILES string of the molecule is COCCCC(O)c1cc2cc(F)ccc2o1. The molecule has 0 aliphatic carbocycles. The minimum absolute atomic E-state index is 0.307. The molecule has 2 rings (SSSR count). The smallest absolute Gasteiger partial charge is 0.134 e. The van der Waals surface area contributed by atoms with Gasteiger partial charge in [0.05, 0.1) is 0 Å². The summed E-state index contributed by atoms with van der Waals surface area (Å²) >= 11 is 0. The van der Waals surface area contributed by atoms with Crippen LogP contribution in [0.2, 0.25) is 0 Å². The molecule has 0 aliphatic rings. The van der Waals surface area contributed by atoms with Crippen LogP contribution in [-0.4, -0.2) is 18.8 Å². The maximum atomic E-state index is 13.0. The van der Waals surface area contributed by atoms with E-state index in [0.29, 0.717) is 29.8 Å². The standard InChI is InChI=1S/C13H15FO3/c1-16-6-2-3-11(15)13-8-9-7-10(14)4-5-12(9)17-13/h4-5,7-8,11,15H,2-3,6H2,1H3. The first-order valence-electron chi connectivity index (χ1n) is 5.56. The van der Waals surface area contributed by atoms with Gasteiger partial charge < -0.3 is 14.3 Å². The Kier molecular flexibility index (Phi) is 3.76. The number of rotatable bonds is 5. The zero-order valence-electron chi connectivity index (χ0n) is 9.65. The van der Waals surface area contributed by atoms with Gasteiger partial charge in [-0.3, -0.25) is 0 Å². The van der Waals surface area contributed by atoms with Crippen LogP contribution in [0.3, 0.4) is 0 Å². The second-order valence-corrected chi connectivity index (χ2v) is 3.98. The molecule has 0 saturated heterocycles. The molecule has 1 aromatic carbocycles. The number of methoxy groups -OCH3 is 1. The molecule has 1 N–H and O–H groups in total. The van der Waals surface area contributed by atoms with Gasteiger partial charge in [-0.2, -0.15) is 0 Å². The Morgan fingerprint density at radius 3 is 3.00 bits per heavy atom. The molecule has 3 nitrogen and oxygen atoms in total. The van der Waals surface area contributed by atoms with Crippen molar-refractivity contribution in [2.24, 2.45) is 0 Å². The Balaban J connectivity index is 2.12. The monoisotopic (exact) mass is 238 g/mol. The van der Waals surface area contributed by atoms with Crippen molar-refractivity contribution < 1.29 is 18.7 Å². The van der Waals surface area contributed by atoms with Crippen LogP contribution in [0.15, 0.2) is 28.7 Å². The van der Waals surface area contributed by atoms with Crippen LogP contribution >= 0.6 is 0 Å². The fourth-order valence-electron chi connectivity index (χ4n) is 1.76. The molecule has 0 fully saturated rings. The number of aliphatic hydroxyl groups excluding tert-OH is 1. The summed E-state index contributed by atoms with van der Waals surface area (Å²) in [6.45, 7) is 0.603. The Labute approximate surface area is 98.8 Å². The number of benzene rings is 1. The first-order valence-corrected chi connectivity index (χ1v) is 5.56. The summed E-state index contributed by atoms with van der Waals surface area (Å²) in [4.78, 5) is 0. The van der Waals surface area contributed by atoms with Gasteiger partial charge in [0, 0.05) is 19.1 Å². The minimum Gasteiger partial charge on any atom is -0.458 e. The summed E-state index contributed by atoms with van der Waals surface area (Å²) in [5, 5.41) is 10.5. The minimum atomic E-state index is -0.666. The lowest BCUT2D eigenvalue weighted by molar-refractivity contribution is 0.120. The molecule has 1 heterocycles. The summed E-state index contributed by atoms with van der Waals surface area (Å²) in [7, 11) is 1.62. The van der Waals surface area contributed by atoms with Crippen molar-refractivity contribution in [2.45, 2.75) is 18.9 Å². The van der Waals surface area contributed by atoms with Crippen LogP contribution in [0.25, 0.3) is 11.0 Å². The third kappa shape index (κ3) is 2.84. The molecule has 1 aromatic heterocycles. The van der Waals surface area contributed by atoms with Crippen molar-refractivity contribution in [3.05, 3.63) is 35.8 Å². The second-order valence-electron chi connectivity index (χ2n) is 3.98. The first-order chi connectivity index (χ1) is 8.20. The topological polar surface area (TPSA) is 42.6 Å². The predicted octanol–water partition coefficient (Wildman–Crippen LogP) is 3.03. The molecule has 1 unspecified atom stereocenters. The van der Waals surface area contributed by atoms with Crippen LogP contribution in [-0.2, 0) is 4.74 Å². The molecule has 0 radical (unpaired) electrons. The fourth-order valence-corrected chi connectivity index (χ4v) is 1.76. The molecule has 0 bridgehead atoms. The lowest BCUT2D eigenvalue weighted by Crippen LogP contribution is -1.98. The van der Waals surface area contributed by atoms with Crippen LogP contribution in [0.5, 0.6) is 0 Å². The molecule has 0 aliphatic heterocycles. The summed E-state index contributed by atoms with van der Waals surface area (Å²) < 4.78 is 23.3. The van der Waals surface area contributed by atoms with E-state index in [9.17, 15) is 9.50 Å². The molecule has 1 atom stereocenters. The van der Waals surface area contributed by atoms with Gasteiger partial charge in [-0.1, -0.05) is 0 Å². The van der Waals surface area contributed by atoms with Crippen molar-refractivity contribution in [1.82, 2.24) is 0 Å². The second kappa shape index (κ2) is 5.29. The largest absolute Gasteiger partial charge is 0.458 e. The Hall–Kier alpha value is -1.39. The zero-order chi connectivity index (χ0) is 12.3. The highest BCUT2D eigenvalue weighted by atomic mass is 19.1. The molecule has 4 heteroatoms. The van der Waals surface area contributed by atoms with E-state index < -0.39 is 6.10 Å². The van der Waals surface area contributed by atoms with Gasteiger partial charge in [-0.15, -0.1) is 0 Å². The van der Waals surface area contributed by atoms with Crippen molar-refractivity contribution in [2.75, 3.05) is 13.7 Å². The van der Waals surface area contributed by atoms with Gasteiger partial charge in [-0.25, -0.2) is 4.39 Å². The average molecular weight is 238 g/mol. The first kappa shape index (κ1) is 12.1. The van der Waals surface area contributed by atoms with Gasteiger partial charge in [-0.05, 0) is 37.1 Å². The average Bonchev–Trinajstić information content (AvgIpc) is 2.72. The summed E-state index contributed by atoms with van der Waals surface area (Å²) in [6.07, 6.45) is 0.653. The number of aliphatic hydroxyl groups is 1. The van der Waals surface area contributed by atoms with Crippen molar-refractivity contribution in [3.8, 4) is 0 Å². The summed E-state index contributed by atoms with van der Waals surface area (Å²) in [5.74, 6) is 0.167. The molecule has 0 spiro atoms. The highest BCUT2D eigenvalue weighted by Gasteiger charge is 2.13. The molecule has 17 heavy (non-hydrogen) atoms. The quantitative estimate of drug-likeness (QED) is 0.814.